The van der Waals surface area contributed by atoms with Crippen LogP contribution in [0.25, 0.3) is 21.8 Å². The van der Waals surface area contributed by atoms with Crippen LogP contribution in [0.4, 0.5) is 18.9 Å². The van der Waals surface area contributed by atoms with Gasteiger partial charge in [-0.1, -0.05) is 53.5 Å². The van der Waals surface area contributed by atoms with Crippen LogP contribution in [0.3, 0.4) is 0 Å². The first-order chi connectivity index (χ1) is 18.2. The SMILES string of the molecule is FC(F)(F)OC1=CCC(n2cnc3c4ccc(/C=N/NC(=S)Nc5c(Cl)cccc5Cl)cc4ccc32)C=C1. The molecule has 38 heavy (non-hydrogen) atoms. The Labute approximate surface area is 230 Å². The number of nitrogens with zero attached hydrogens (tertiary/aromatic N) is 3. The van der Waals surface area contributed by atoms with Crippen molar-refractivity contribution >= 4 is 74.2 Å². The van der Waals surface area contributed by atoms with Crippen LogP contribution >= 0.6 is 35.4 Å². The van der Waals surface area contributed by atoms with Crippen molar-refractivity contribution in [3.63, 3.8) is 0 Å². The van der Waals surface area contributed by atoms with Crippen LogP contribution in [0.1, 0.15) is 18.0 Å². The van der Waals surface area contributed by atoms with E-state index in [0.29, 0.717) is 22.2 Å². The Morgan fingerprint density at radius 1 is 1.16 bits per heavy atom. The van der Waals surface area contributed by atoms with Crippen LogP contribution < -0.4 is 10.7 Å². The van der Waals surface area contributed by atoms with Crippen molar-refractivity contribution in [2.24, 2.45) is 5.10 Å². The van der Waals surface area contributed by atoms with Crippen molar-refractivity contribution in [2.75, 3.05) is 5.32 Å². The minimum Gasteiger partial charge on any atom is -0.406 e. The Hall–Kier alpha value is -3.60. The summed E-state index contributed by atoms with van der Waals surface area (Å²) in [4.78, 5) is 4.57. The van der Waals surface area contributed by atoms with Crippen LogP contribution in [-0.4, -0.2) is 27.2 Å². The number of hydrogen-bond donors (Lipinski definition) is 2. The molecule has 1 heterocycles. The Morgan fingerprint density at radius 2 is 1.95 bits per heavy atom. The standard InChI is InChI=1S/C26H18Cl2F3N5OS/c27-20-2-1-3-21(28)24(20)34-25(38)35-33-13-15-4-10-19-16(12-15)5-11-22-23(19)32-14-36(22)17-6-8-18(9-7-17)37-26(29,30)31/h1-6,8-14,17H,7H2,(H2,34,35,38)/b33-13+. The van der Waals surface area contributed by atoms with Crippen LogP contribution in [0.2, 0.25) is 10.0 Å². The summed E-state index contributed by atoms with van der Waals surface area (Å²) < 4.78 is 43.3. The second kappa shape index (κ2) is 10.6. The molecule has 0 spiro atoms. The molecule has 194 valence electrons. The van der Waals surface area contributed by atoms with Crippen molar-refractivity contribution in [2.45, 2.75) is 18.8 Å². The van der Waals surface area contributed by atoms with E-state index >= 15 is 0 Å². The second-order valence-corrected chi connectivity index (χ2v) is 9.53. The number of nitrogens with one attached hydrogen (secondary N) is 2. The molecule has 1 aliphatic rings. The summed E-state index contributed by atoms with van der Waals surface area (Å²) >= 11 is 17.5. The van der Waals surface area contributed by atoms with Gasteiger partial charge in [0.15, 0.2) is 5.11 Å². The van der Waals surface area contributed by atoms with Crippen molar-refractivity contribution in [3.05, 3.63) is 94.5 Å². The van der Waals surface area contributed by atoms with Crippen LogP contribution in [0.5, 0.6) is 0 Å². The monoisotopic (exact) mass is 575 g/mol. The minimum atomic E-state index is -4.71. The number of imidazole rings is 1. The van der Waals surface area contributed by atoms with Crippen LogP contribution in [0, 0.1) is 0 Å². The molecule has 0 fully saturated rings. The van der Waals surface area contributed by atoms with E-state index in [-0.39, 0.29) is 16.9 Å². The third kappa shape index (κ3) is 5.77. The summed E-state index contributed by atoms with van der Waals surface area (Å²) in [5, 5.41) is 10.1. The first-order valence-corrected chi connectivity index (χ1v) is 12.4. The molecule has 6 nitrogen and oxygen atoms in total. The van der Waals surface area contributed by atoms with E-state index in [1.165, 1.54) is 12.2 Å². The van der Waals surface area contributed by atoms with Gasteiger partial charge in [-0.15, -0.1) is 13.2 Å². The van der Waals surface area contributed by atoms with Gasteiger partial charge in [0, 0.05) is 5.39 Å². The van der Waals surface area contributed by atoms with E-state index in [4.69, 9.17) is 35.4 Å². The zero-order valence-electron chi connectivity index (χ0n) is 19.3. The summed E-state index contributed by atoms with van der Waals surface area (Å²) in [6.07, 6.45) is 3.40. The first-order valence-electron chi connectivity index (χ1n) is 11.3. The predicted molar refractivity (Wildman–Crippen MR) is 149 cm³/mol. The number of rotatable bonds is 5. The van der Waals surface area contributed by atoms with Crippen molar-refractivity contribution in [1.82, 2.24) is 15.0 Å². The third-order valence-corrected chi connectivity index (χ3v) is 6.62. The van der Waals surface area contributed by atoms with Gasteiger partial charge in [0.25, 0.3) is 0 Å². The van der Waals surface area contributed by atoms with Gasteiger partial charge in [0.1, 0.15) is 5.76 Å². The average molecular weight is 576 g/mol. The number of halogens is 5. The maximum absolute atomic E-state index is 12.5. The normalized spacial score (nSPS) is 15.7. The highest BCUT2D eigenvalue weighted by Gasteiger charge is 2.32. The summed E-state index contributed by atoms with van der Waals surface area (Å²) in [5.41, 5.74) is 5.73. The Balaban J connectivity index is 1.29. The maximum Gasteiger partial charge on any atom is 0.573 e. The highest BCUT2D eigenvalue weighted by atomic mass is 35.5. The molecule has 2 N–H and O–H groups in total. The fraction of sp³-hybridized carbons (Fsp3) is 0.115. The maximum atomic E-state index is 12.5. The number of alkyl halides is 3. The quantitative estimate of drug-likeness (QED) is 0.145. The molecule has 1 atom stereocenters. The molecule has 0 saturated carbocycles. The zero-order chi connectivity index (χ0) is 26.9. The fourth-order valence-corrected chi connectivity index (χ4v) is 4.77. The van der Waals surface area contributed by atoms with Gasteiger partial charge in [-0.05, 0) is 66.0 Å². The summed E-state index contributed by atoms with van der Waals surface area (Å²) in [5.74, 6) is -0.212. The largest absolute Gasteiger partial charge is 0.573 e. The number of para-hydroxylation sites is 1. The molecule has 1 aliphatic carbocycles. The number of ether oxygens (including phenoxy) is 1. The molecule has 0 amide bonds. The fourth-order valence-electron chi connectivity index (χ4n) is 4.12. The molecular weight excluding hydrogens is 558 g/mol. The Bertz CT molecular complexity index is 1610. The summed E-state index contributed by atoms with van der Waals surface area (Å²) in [7, 11) is 0. The number of aromatic nitrogens is 2. The number of allylic oxidation sites excluding steroid dienone is 3. The van der Waals surface area contributed by atoms with Crippen LogP contribution in [-0.2, 0) is 4.74 Å². The van der Waals surface area contributed by atoms with E-state index in [1.807, 2.05) is 34.9 Å². The van der Waals surface area contributed by atoms with Crippen molar-refractivity contribution < 1.29 is 17.9 Å². The average Bonchev–Trinajstić information content (AvgIpc) is 3.30. The van der Waals surface area contributed by atoms with E-state index < -0.39 is 6.36 Å². The van der Waals surface area contributed by atoms with E-state index in [9.17, 15) is 13.2 Å². The third-order valence-electron chi connectivity index (χ3n) is 5.80. The van der Waals surface area contributed by atoms with E-state index in [2.05, 4.69) is 25.6 Å². The topological polar surface area (TPSA) is 63.5 Å². The minimum absolute atomic E-state index is 0.173. The van der Waals surface area contributed by atoms with Crippen molar-refractivity contribution in [1.29, 1.82) is 0 Å². The first kappa shape index (κ1) is 26.0. The Morgan fingerprint density at radius 3 is 2.66 bits per heavy atom. The van der Waals surface area contributed by atoms with Gasteiger partial charge in [0.2, 0.25) is 0 Å². The molecule has 0 radical (unpaired) electrons. The lowest BCUT2D eigenvalue weighted by Crippen LogP contribution is -2.24. The zero-order valence-corrected chi connectivity index (χ0v) is 21.7. The van der Waals surface area contributed by atoms with Crippen molar-refractivity contribution in [3.8, 4) is 0 Å². The molecule has 1 unspecified atom stereocenters. The lowest BCUT2D eigenvalue weighted by molar-refractivity contribution is -0.303. The van der Waals surface area contributed by atoms with Gasteiger partial charge in [0.05, 0.1) is 45.3 Å². The smallest absolute Gasteiger partial charge is 0.406 e. The number of thiocarbonyl (C=S) groups is 1. The predicted octanol–water partition coefficient (Wildman–Crippen LogP) is 7.74. The number of fused-ring (bicyclic) bond motifs is 3. The number of hydrazone groups is 1. The summed E-state index contributed by atoms with van der Waals surface area (Å²) in [6.45, 7) is 0. The molecule has 3 aromatic carbocycles. The highest BCUT2D eigenvalue weighted by molar-refractivity contribution is 7.80. The Kier molecular flexibility index (Phi) is 7.29. The van der Waals surface area contributed by atoms with E-state index in [0.717, 1.165) is 27.4 Å². The molecule has 0 saturated heterocycles. The number of benzene rings is 3. The van der Waals surface area contributed by atoms with Gasteiger partial charge in [-0.3, -0.25) is 5.43 Å². The van der Waals surface area contributed by atoms with Gasteiger partial charge >= 0.3 is 6.36 Å². The molecule has 4 aromatic rings. The lowest BCUT2D eigenvalue weighted by Gasteiger charge is -2.19. The highest BCUT2D eigenvalue weighted by Crippen LogP contribution is 2.32. The molecule has 0 bridgehead atoms. The molecular formula is C26H18Cl2F3N5OS. The summed E-state index contributed by atoms with van der Waals surface area (Å²) in [6, 6.07) is 14.7. The second-order valence-electron chi connectivity index (χ2n) is 8.30. The van der Waals surface area contributed by atoms with Gasteiger partial charge in [-0.2, -0.15) is 5.10 Å². The molecule has 0 aliphatic heterocycles. The number of hydrogen-bond acceptors (Lipinski definition) is 4. The number of anilines is 1. The van der Waals surface area contributed by atoms with E-state index in [1.54, 1.807) is 36.8 Å². The van der Waals surface area contributed by atoms with Gasteiger partial charge < -0.3 is 14.6 Å². The lowest BCUT2D eigenvalue weighted by atomic mass is 10.0. The molecule has 5 rings (SSSR count). The van der Waals surface area contributed by atoms with Gasteiger partial charge in [-0.25, -0.2) is 4.98 Å². The van der Waals surface area contributed by atoms with Crippen LogP contribution in [0.15, 0.2) is 83.9 Å². The molecule has 1 aromatic heterocycles. The molecule has 12 heteroatoms.